The number of allylic oxidation sites excluding steroid dienone is 6. The first-order chi connectivity index (χ1) is 14.3. The van der Waals surface area contributed by atoms with E-state index in [-0.39, 0.29) is 24.0 Å². The van der Waals surface area contributed by atoms with Gasteiger partial charge in [-0.15, -0.1) is 0 Å². The summed E-state index contributed by atoms with van der Waals surface area (Å²) in [4.78, 5) is 7.51. The summed E-state index contributed by atoms with van der Waals surface area (Å²) >= 11 is 3.76. The van der Waals surface area contributed by atoms with Gasteiger partial charge in [0.25, 0.3) is 0 Å². The molecule has 1 atom stereocenters. The van der Waals surface area contributed by atoms with E-state index >= 15 is 0 Å². The third-order valence-corrected chi connectivity index (χ3v) is 7.37. The van der Waals surface area contributed by atoms with Crippen LogP contribution in [-0.2, 0) is 0 Å². The molecule has 0 saturated carbocycles. The molecule has 156 valence electrons. The van der Waals surface area contributed by atoms with Crippen LogP contribution in [0.1, 0.15) is 13.8 Å². The minimum absolute atomic E-state index is 0. The quantitative estimate of drug-likeness (QED) is 0.399. The lowest BCUT2D eigenvalue weighted by molar-refractivity contribution is -0.00000557. The highest BCUT2D eigenvalue weighted by Gasteiger charge is 2.26. The van der Waals surface area contributed by atoms with Crippen LogP contribution in [-0.4, -0.2) is 18.5 Å². The summed E-state index contributed by atoms with van der Waals surface area (Å²) in [6.45, 7) is 6.42. The van der Waals surface area contributed by atoms with Crippen molar-refractivity contribution >= 4 is 34.9 Å². The monoisotopic (exact) mass is 545 g/mol. The number of hydrogen-bond acceptors (Lipinski definition) is 4. The predicted octanol–water partition coefficient (Wildman–Crippen LogP) is 4.09. The van der Waals surface area contributed by atoms with Crippen molar-refractivity contribution in [2.24, 2.45) is 0 Å². The zero-order valence-corrected chi connectivity index (χ0v) is 21.0. The molecule has 0 amide bonds. The molecule has 2 aliphatic rings. The van der Waals surface area contributed by atoms with E-state index in [0.717, 1.165) is 13.1 Å². The number of benzene rings is 2. The van der Waals surface area contributed by atoms with Crippen molar-refractivity contribution in [1.29, 1.82) is 0 Å². The molecule has 0 aliphatic carbocycles. The number of hydrogen-bond donors (Lipinski definition) is 0. The van der Waals surface area contributed by atoms with E-state index in [1.807, 2.05) is 23.5 Å². The van der Waals surface area contributed by atoms with Crippen molar-refractivity contribution < 1.29 is 24.0 Å². The molecule has 2 aromatic carbocycles. The number of halogens is 1. The highest BCUT2D eigenvalue weighted by Crippen LogP contribution is 2.45. The second-order valence-corrected chi connectivity index (χ2v) is 8.96. The summed E-state index contributed by atoms with van der Waals surface area (Å²) in [5.41, 5.74) is 2.66. The third kappa shape index (κ3) is 5.01. The predicted molar refractivity (Wildman–Crippen MR) is 130 cm³/mol. The molecule has 1 unspecified atom stereocenters. The van der Waals surface area contributed by atoms with E-state index in [1.165, 1.54) is 26.2 Å². The summed E-state index contributed by atoms with van der Waals surface area (Å²) in [5, 5.41) is 1.66. The van der Waals surface area contributed by atoms with Gasteiger partial charge in [0.1, 0.15) is 0 Å². The normalized spacial score (nSPS) is 19.3. The maximum absolute atomic E-state index is 2.44. The highest BCUT2D eigenvalue weighted by atomic mass is 127. The van der Waals surface area contributed by atoms with Gasteiger partial charge in [0.05, 0.1) is 21.8 Å². The summed E-state index contributed by atoms with van der Waals surface area (Å²) < 4.78 is 0. The molecule has 0 fully saturated rings. The Labute approximate surface area is 205 Å². The highest BCUT2D eigenvalue weighted by molar-refractivity contribution is 8.03. The molecule has 0 spiro atoms. The first-order valence-electron chi connectivity index (χ1n) is 10.1. The number of anilines is 2. The number of nitrogens with zero attached hydrogens (tertiary/aromatic N) is 2. The van der Waals surface area contributed by atoms with Crippen LogP contribution in [0.5, 0.6) is 0 Å². The van der Waals surface area contributed by atoms with Gasteiger partial charge in [-0.1, -0.05) is 84.2 Å². The Morgan fingerprint density at radius 2 is 1.47 bits per heavy atom. The Morgan fingerprint density at radius 3 is 2.23 bits per heavy atom. The molecule has 4 rings (SSSR count). The number of rotatable bonds is 6. The Kier molecular flexibility index (Phi) is 8.60. The number of thioether (sulfide) groups is 2. The molecule has 2 heterocycles. The minimum Gasteiger partial charge on any atom is -1.00 e. The zero-order chi connectivity index (χ0) is 20.1. The Morgan fingerprint density at radius 1 is 0.800 bits per heavy atom. The largest absolute Gasteiger partial charge is 1.00 e. The van der Waals surface area contributed by atoms with Crippen molar-refractivity contribution in [3.63, 3.8) is 0 Å². The first kappa shape index (κ1) is 23.1. The average molecular weight is 546 g/mol. The van der Waals surface area contributed by atoms with Crippen LogP contribution in [0.3, 0.4) is 0 Å². The standard InChI is InChI=1S/C25H26N2S2.HI/c1-3-26-20-14-10-12-16-22(20)28-24(26)18-8-6-5-7-9-19-25-27(4-2)21-15-11-13-17-23(21)29-25;/h5-19,24H,3-4H2,1-2H3;1H/p-1. The fourth-order valence-corrected chi connectivity index (χ4v) is 6.03. The molecular weight excluding hydrogens is 519 g/mol. The fraction of sp³-hybridized carbons (Fsp3) is 0.200. The molecule has 0 bridgehead atoms. The number of likely N-dealkylation sites (N-methyl/N-ethyl adjacent to an activating group) is 1. The molecule has 0 saturated heterocycles. The second-order valence-electron chi connectivity index (χ2n) is 6.74. The average Bonchev–Trinajstić information content (AvgIpc) is 3.29. The van der Waals surface area contributed by atoms with Crippen molar-refractivity contribution in [3.8, 4) is 0 Å². The molecule has 0 N–H and O–H groups in total. The number of para-hydroxylation sites is 2. The van der Waals surface area contributed by atoms with E-state index in [9.17, 15) is 0 Å². The zero-order valence-electron chi connectivity index (χ0n) is 17.2. The van der Waals surface area contributed by atoms with Gasteiger partial charge >= 0.3 is 0 Å². The lowest BCUT2D eigenvalue weighted by atomic mass is 10.3. The van der Waals surface area contributed by atoms with Gasteiger partial charge in [-0.2, -0.15) is 0 Å². The van der Waals surface area contributed by atoms with Gasteiger partial charge in [0.2, 0.25) is 0 Å². The van der Waals surface area contributed by atoms with Crippen LogP contribution in [0.25, 0.3) is 0 Å². The fourth-order valence-electron chi connectivity index (χ4n) is 3.61. The topological polar surface area (TPSA) is 6.48 Å². The van der Waals surface area contributed by atoms with E-state index in [4.69, 9.17) is 0 Å². The summed E-state index contributed by atoms with van der Waals surface area (Å²) in [7, 11) is 0. The smallest absolute Gasteiger partial charge is 0.0985 e. The summed E-state index contributed by atoms with van der Waals surface area (Å²) in [6.07, 6.45) is 15.1. The van der Waals surface area contributed by atoms with Gasteiger partial charge in [-0.3, -0.25) is 0 Å². The van der Waals surface area contributed by atoms with Crippen molar-refractivity contribution in [2.75, 3.05) is 22.9 Å². The SMILES string of the molecule is CCN1C(=CC=CC=CC=CC2Sc3ccccc3N2CC)Sc2ccccc21.[I-]. The molecule has 30 heavy (non-hydrogen) atoms. The second kappa shape index (κ2) is 11.2. The molecule has 2 aromatic rings. The molecule has 2 nitrogen and oxygen atoms in total. The number of fused-ring (bicyclic) bond motifs is 2. The van der Waals surface area contributed by atoms with Crippen LogP contribution in [0.2, 0.25) is 0 Å². The molecule has 0 radical (unpaired) electrons. The van der Waals surface area contributed by atoms with E-state index in [1.54, 1.807) is 0 Å². The van der Waals surface area contributed by atoms with Crippen molar-refractivity contribution in [1.82, 2.24) is 0 Å². The van der Waals surface area contributed by atoms with E-state index in [2.05, 4.69) is 115 Å². The molecular formula is C25H26IN2S2-. The van der Waals surface area contributed by atoms with Crippen molar-refractivity contribution in [3.05, 3.63) is 96.1 Å². The summed E-state index contributed by atoms with van der Waals surface area (Å²) in [6, 6.07) is 17.3. The lowest BCUT2D eigenvalue weighted by Crippen LogP contribution is -3.00. The van der Waals surface area contributed by atoms with Crippen LogP contribution in [0, 0.1) is 0 Å². The maximum atomic E-state index is 2.44. The molecule has 5 heteroatoms. The van der Waals surface area contributed by atoms with Gasteiger partial charge in [-0.05, 0) is 44.2 Å². The Bertz CT molecular complexity index is 981. The Balaban J connectivity index is 0.00000256. The van der Waals surface area contributed by atoms with Gasteiger partial charge in [-0.25, -0.2) is 0 Å². The van der Waals surface area contributed by atoms with Gasteiger partial charge in [0, 0.05) is 22.9 Å². The van der Waals surface area contributed by atoms with Gasteiger partial charge < -0.3 is 33.8 Å². The molecule has 0 aromatic heterocycles. The minimum atomic E-state index is 0. The van der Waals surface area contributed by atoms with E-state index < -0.39 is 0 Å². The van der Waals surface area contributed by atoms with Crippen LogP contribution >= 0.6 is 23.5 Å². The van der Waals surface area contributed by atoms with Crippen LogP contribution < -0.4 is 33.8 Å². The van der Waals surface area contributed by atoms with E-state index in [0.29, 0.717) is 5.37 Å². The maximum Gasteiger partial charge on any atom is 0.0985 e. The summed E-state index contributed by atoms with van der Waals surface area (Å²) in [5.74, 6) is 0. The molecule has 2 aliphatic heterocycles. The van der Waals surface area contributed by atoms with Crippen LogP contribution in [0.15, 0.2) is 106 Å². The lowest BCUT2D eigenvalue weighted by Gasteiger charge is -2.22. The van der Waals surface area contributed by atoms with Crippen molar-refractivity contribution in [2.45, 2.75) is 29.0 Å². The van der Waals surface area contributed by atoms with Gasteiger partial charge in [0.15, 0.2) is 0 Å². The first-order valence-corrected chi connectivity index (χ1v) is 11.8. The third-order valence-electron chi connectivity index (χ3n) is 4.98. The van der Waals surface area contributed by atoms with Crippen LogP contribution in [0.4, 0.5) is 11.4 Å². The Hall–Kier alpha value is -1.57.